The van der Waals surface area contributed by atoms with Crippen LogP contribution in [0.5, 0.6) is 0 Å². The number of aliphatic carboxylic acids is 1. The van der Waals surface area contributed by atoms with Crippen LogP contribution in [0.15, 0.2) is 48.5 Å². The minimum atomic E-state index is -1.06. The predicted octanol–water partition coefficient (Wildman–Crippen LogP) is 2.13. The van der Waals surface area contributed by atoms with Crippen molar-refractivity contribution in [3.63, 3.8) is 0 Å². The Hall–Kier alpha value is -1.20. The fraction of sp³-hybridized carbons (Fsp3) is 0.188. The SMILES string of the molecule is O=C(O)C(Cc1ccccc1)NO.[B]c1ccc([NH-])c(C)c1.[Y]. The molecule has 0 spiro atoms. The van der Waals surface area contributed by atoms with E-state index in [-0.39, 0.29) is 39.1 Å². The second kappa shape index (κ2) is 11.4. The van der Waals surface area contributed by atoms with E-state index in [1.165, 1.54) is 0 Å². The van der Waals surface area contributed by atoms with Gasteiger partial charge in [-0.05, 0) is 12.5 Å². The number of nitrogens with one attached hydrogen (secondary N) is 2. The molecule has 5 nitrogen and oxygen atoms in total. The van der Waals surface area contributed by atoms with Crippen molar-refractivity contribution in [2.24, 2.45) is 0 Å². The summed E-state index contributed by atoms with van der Waals surface area (Å²) >= 11 is 0. The summed E-state index contributed by atoms with van der Waals surface area (Å²) in [5, 5.41) is 17.1. The van der Waals surface area contributed by atoms with Crippen LogP contribution in [0.4, 0.5) is 5.69 Å². The Morgan fingerprint density at radius 1 is 1.26 bits per heavy atom. The number of hydrogen-bond donors (Lipinski definition) is 3. The van der Waals surface area contributed by atoms with E-state index >= 15 is 0 Å². The average Bonchev–Trinajstić information content (AvgIpc) is 2.50. The van der Waals surface area contributed by atoms with Gasteiger partial charge in [-0.1, -0.05) is 59.6 Å². The Labute approximate surface area is 162 Å². The minimum absolute atomic E-state index is 0. The predicted molar refractivity (Wildman–Crippen MR) is 87.0 cm³/mol. The van der Waals surface area contributed by atoms with E-state index in [2.05, 4.69) is 0 Å². The Bertz CT molecular complexity index is 612. The van der Waals surface area contributed by atoms with Crippen molar-refractivity contribution in [3.05, 3.63) is 65.4 Å². The van der Waals surface area contributed by atoms with Crippen molar-refractivity contribution < 1.29 is 47.8 Å². The first-order valence-electron chi connectivity index (χ1n) is 6.68. The summed E-state index contributed by atoms with van der Waals surface area (Å²) in [4.78, 5) is 10.5. The van der Waals surface area contributed by atoms with Crippen LogP contribution >= 0.6 is 0 Å². The molecule has 0 aromatic heterocycles. The number of hydrogen-bond acceptors (Lipinski definition) is 3. The van der Waals surface area contributed by atoms with Crippen LogP contribution in [0.3, 0.4) is 0 Å². The van der Waals surface area contributed by atoms with Gasteiger partial charge in [0.05, 0.1) is 0 Å². The summed E-state index contributed by atoms with van der Waals surface area (Å²) in [5.41, 5.74) is 12.1. The molecule has 23 heavy (non-hydrogen) atoms. The Balaban J connectivity index is 0.000000427. The van der Waals surface area contributed by atoms with Crippen molar-refractivity contribution >= 4 is 25.0 Å². The standard InChI is InChI=1S/C9H11NO3.C7H7BN.Y/c11-9(12)8(10-13)6-7-4-2-1-3-5-7;1-5-4-6(8)2-3-7(5)9;/h1-5,8,10,13H,6H2,(H,11,12);2-4,9H,1H3;/q;-1;. The second-order valence-electron chi connectivity index (χ2n) is 4.78. The summed E-state index contributed by atoms with van der Waals surface area (Å²) in [5.74, 6) is -1.06. The molecule has 0 aliphatic rings. The zero-order valence-corrected chi connectivity index (χ0v) is 15.7. The zero-order chi connectivity index (χ0) is 16.5. The van der Waals surface area contributed by atoms with Gasteiger partial charge in [0.1, 0.15) is 13.9 Å². The zero-order valence-electron chi connectivity index (χ0n) is 12.9. The van der Waals surface area contributed by atoms with Gasteiger partial charge in [-0.25, -0.2) is 0 Å². The van der Waals surface area contributed by atoms with E-state index in [1.807, 2.05) is 37.3 Å². The van der Waals surface area contributed by atoms with Crippen LogP contribution in [0.2, 0.25) is 0 Å². The molecular weight excluding hydrogens is 368 g/mol. The maximum atomic E-state index is 10.5. The smallest absolute Gasteiger partial charge is 0.323 e. The molecule has 0 aliphatic heterocycles. The average molecular weight is 386 g/mol. The molecule has 0 saturated heterocycles. The van der Waals surface area contributed by atoms with E-state index in [1.54, 1.807) is 23.7 Å². The summed E-state index contributed by atoms with van der Waals surface area (Å²) in [6.07, 6.45) is 0.271. The first kappa shape index (κ1) is 21.8. The summed E-state index contributed by atoms with van der Waals surface area (Å²) in [6, 6.07) is 13.4. The molecule has 117 valence electrons. The summed E-state index contributed by atoms with van der Waals surface area (Å²) in [7, 11) is 5.44. The molecule has 2 aromatic carbocycles. The fourth-order valence-electron chi connectivity index (χ4n) is 1.72. The molecule has 0 fully saturated rings. The number of hydroxylamine groups is 1. The first-order valence-corrected chi connectivity index (χ1v) is 6.68. The number of carboxylic acids is 1. The third-order valence-electron chi connectivity index (χ3n) is 2.99. The molecule has 0 amide bonds. The molecule has 0 saturated carbocycles. The minimum Gasteiger partial charge on any atom is -0.699 e. The van der Waals surface area contributed by atoms with Gasteiger partial charge in [0.25, 0.3) is 0 Å². The molecule has 2 rings (SSSR count). The van der Waals surface area contributed by atoms with Gasteiger partial charge in [0, 0.05) is 39.1 Å². The summed E-state index contributed by atoms with van der Waals surface area (Å²) < 4.78 is 0. The van der Waals surface area contributed by atoms with Gasteiger partial charge in [-0.3, -0.25) is 4.79 Å². The van der Waals surface area contributed by atoms with Crippen molar-refractivity contribution in [1.29, 1.82) is 0 Å². The van der Waals surface area contributed by atoms with Crippen LogP contribution < -0.4 is 10.9 Å². The van der Waals surface area contributed by atoms with Gasteiger partial charge in [-0.2, -0.15) is 5.48 Å². The number of benzene rings is 2. The maximum absolute atomic E-state index is 10.5. The molecule has 0 aliphatic carbocycles. The fourth-order valence-corrected chi connectivity index (χ4v) is 1.72. The first-order chi connectivity index (χ1) is 10.4. The molecule has 0 heterocycles. The molecular formula is C16H18BN2O3Y-. The molecule has 0 bridgehead atoms. The largest absolute Gasteiger partial charge is 0.699 e. The van der Waals surface area contributed by atoms with Crippen molar-refractivity contribution in [3.8, 4) is 0 Å². The quantitative estimate of drug-likeness (QED) is 0.555. The van der Waals surface area contributed by atoms with E-state index in [0.717, 1.165) is 16.6 Å². The molecule has 3 radical (unpaired) electrons. The number of carboxylic acid groups (broad SMARTS) is 1. The van der Waals surface area contributed by atoms with Crippen LogP contribution in [-0.2, 0) is 43.9 Å². The number of rotatable bonds is 4. The maximum Gasteiger partial charge on any atom is 0.323 e. The number of aryl methyl sites for hydroxylation is 1. The third kappa shape index (κ3) is 8.28. The van der Waals surface area contributed by atoms with Crippen LogP contribution in [-0.4, -0.2) is 30.2 Å². The van der Waals surface area contributed by atoms with Crippen molar-refractivity contribution in [2.75, 3.05) is 0 Å². The summed E-state index contributed by atoms with van der Waals surface area (Å²) in [6.45, 7) is 1.87. The van der Waals surface area contributed by atoms with E-state index in [4.69, 9.17) is 23.9 Å². The Kier molecular flexibility index (Phi) is 10.8. The van der Waals surface area contributed by atoms with Gasteiger partial charge >= 0.3 is 5.97 Å². The third-order valence-corrected chi connectivity index (χ3v) is 2.99. The molecule has 1 atom stereocenters. The van der Waals surface area contributed by atoms with Crippen LogP contribution in [0, 0.1) is 6.92 Å². The molecule has 7 heteroatoms. The topological polar surface area (TPSA) is 93.4 Å². The van der Waals surface area contributed by atoms with E-state index in [9.17, 15) is 4.79 Å². The van der Waals surface area contributed by atoms with Crippen LogP contribution in [0.1, 0.15) is 11.1 Å². The van der Waals surface area contributed by atoms with Gasteiger partial charge in [0.15, 0.2) is 0 Å². The normalized spacial score (nSPS) is 10.7. The monoisotopic (exact) mass is 386 g/mol. The van der Waals surface area contributed by atoms with Gasteiger partial charge in [0.2, 0.25) is 0 Å². The van der Waals surface area contributed by atoms with E-state index < -0.39 is 12.0 Å². The van der Waals surface area contributed by atoms with Crippen molar-refractivity contribution in [2.45, 2.75) is 19.4 Å². The molecule has 2 aromatic rings. The van der Waals surface area contributed by atoms with Crippen LogP contribution in [0.25, 0.3) is 5.73 Å². The van der Waals surface area contributed by atoms with E-state index in [0.29, 0.717) is 5.69 Å². The second-order valence-corrected chi connectivity index (χ2v) is 4.78. The van der Waals surface area contributed by atoms with Gasteiger partial charge < -0.3 is 16.0 Å². The van der Waals surface area contributed by atoms with Crippen molar-refractivity contribution in [1.82, 2.24) is 5.48 Å². The van der Waals surface area contributed by atoms with Gasteiger partial charge in [-0.15, -0.1) is 5.69 Å². The molecule has 1 unspecified atom stereocenters. The Morgan fingerprint density at radius 3 is 2.30 bits per heavy atom. The molecule has 4 N–H and O–H groups in total. The Morgan fingerprint density at radius 2 is 1.87 bits per heavy atom. The number of carbonyl (C=O) groups is 1.